The molecular weight excluding hydrogens is 372 g/mol. The van der Waals surface area contributed by atoms with E-state index in [1.165, 1.54) is 6.07 Å². The number of nitrogens with one attached hydrogen (secondary N) is 1. The van der Waals surface area contributed by atoms with Gasteiger partial charge in [-0.3, -0.25) is 0 Å². The average Bonchev–Trinajstić information content (AvgIpc) is 2.95. The van der Waals surface area contributed by atoms with Crippen LogP contribution in [0.2, 0.25) is 0 Å². The third kappa shape index (κ3) is 4.17. The van der Waals surface area contributed by atoms with Gasteiger partial charge in [0.05, 0.1) is 5.25 Å². The van der Waals surface area contributed by atoms with Crippen molar-refractivity contribution in [3.05, 3.63) is 11.6 Å². The van der Waals surface area contributed by atoms with Crippen LogP contribution in [-0.4, -0.2) is 42.3 Å². The van der Waals surface area contributed by atoms with Gasteiger partial charge in [-0.05, 0) is 38.3 Å². The number of nitrogens with two attached hydrogens (primary N) is 1. The smallest absolute Gasteiger partial charge is 0.247 e. The van der Waals surface area contributed by atoms with Crippen LogP contribution in [0.25, 0.3) is 0 Å². The van der Waals surface area contributed by atoms with E-state index in [4.69, 9.17) is 9.88 Å². The molecule has 0 radical (unpaired) electrons. The number of sulfonamides is 1. The van der Waals surface area contributed by atoms with Crippen LogP contribution < -0.4 is 10.5 Å². The van der Waals surface area contributed by atoms with E-state index in [0.29, 0.717) is 31.4 Å². The van der Waals surface area contributed by atoms with Crippen LogP contribution in [0.5, 0.6) is 0 Å². The van der Waals surface area contributed by atoms with Crippen LogP contribution in [-0.2, 0) is 24.6 Å². The number of fused-ring (bicyclic) bond motifs is 1. The van der Waals surface area contributed by atoms with Gasteiger partial charge in [-0.15, -0.1) is 11.3 Å². The monoisotopic (exact) mass is 396 g/mol. The van der Waals surface area contributed by atoms with Gasteiger partial charge in [0.25, 0.3) is 0 Å². The Kier molecular flexibility index (Phi) is 6.43. The molecule has 2 rings (SSSR count). The maximum Gasteiger partial charge on any atom is 0.247 e. The van der Waals surface area contributed by atoms with E-state index in [2.05, 4.69) is 5.32 Å². The fraction of sp³-hybridized carbons (Fsp3) is 0.714. The topological polar surface area (TPSA) is 116 Å². The van der Waals surface area contributed by atoms with Crippen LogP contribution in [0.3, 0.4) is 0 Å². The minimum atomic E-state index is -3.92. The highest BCUT2D eigenvalue weighted by Gasteiger charge is 2.41. The number of methoxy groups -OCH3 is 1. The minimum absolute atomic E-state index is 0.100. The van der Waals surface area contributed by atoms with E-state index in [1.807, 2.05) is 6.92 Å². The van der Waals surface area contributed by atoms with Gasteiger partial charge in [-0.25, -0.2) is 22.0 Å². The van der Waals surface area contributed by atoms with Crippen LogP contribution in [0.15, 0.2) is 14.5 Å². The van der Waals surface area contributed by atoms with Crippen molar-refractivity contribution in [2.75, 3.05) is 20.3 Å². The third-order valence-corrected chi connectivity index (χ3v) is 9.44. The maximum atomic E-state index is 12.9. The average molecular weight is 397 g/mol. The quantitative estimate of drug-likeness (QED) is 0.642. The molecule has 0 aliphatic carbocycles. The number of ether oxygens (including phenoxy) is 1. The molecule has 2 heterocycles. The largest absolute Gasteiger partial charge is 0.385 e. The molecule has 24 heavy (non-hydrogen) atoms. The molecule has 7 nitrogen and oxygen atoms in total. The summed E-state index contributed by atoms with van der Waals surface area (Å²) in [6.07, 6.45) is 2.46. The third-order valence-electron chi connectivity index (χ3n) is 4.07. The maximum absolute atomic E-state index is 12.9. The Morgan fingerprint density at radius 3 is 2.75 bits per heavy atom. The van der Waals surface area contributed by atoms with Crippen LogP contribution >= 0.6 is 11.3 Å². The Balaban J connectivity index is 2.42. The van der Waals surface area contributed by atoms with E-state index in [-0.39, 0.29) is 14.5 Å². The number of hydrogen-bond donors (Lipinski definition) is 2. The fourth-order valence-corrected chi connectivity index (χ4v) is 7.63. The van der Waals surface area contributed by atoms with E-state index in [0.717, 1.165) is 24.3 Å². The summed E-state index contributed by atoms with van der Waals surface area (Å²) < 4.78 is 54.0. The summed E-state index contributed by atoms with van der Waals surface area (Å²) in [5, 5.41) is 7.97. The van der Waals surface area contributed by atoms with E-state index < -0.39 is 25.1 Å². The van der Waals surface area contributed by atoms with Crippen molar-refractivity contribution in [1.82, 2.24) is 5.32 Å². The summed E-state index contributed by atoms with van der Waals surface area (Å²) in [6, 6.07) is 1.23. The Morgan fingerprint density at radius 1 is 1.46 bits per heavy atom. The van der Waals surface area contributed by atoms with Gasteiger partial charge >= 0.3 is 0 Å². The Morgan fingerprint density at radius 2 is 2.17 bits per heavy atom. The van der Waals surface area contributed by atoms with Crippen molar-refractivity contribution in [2.45, 2.75) is 52.3 Å². The van der Waals surface area contributed by atoms with Gasteiger partial charge in [0, 0.05) is 25.3 Å². The first-order valence-electron chi connectivity index (χ1n) is 7.84. The predicted molar refractivity (Wildman–Crippen MR) is 93.4 cm³/mol. The molecule has 0 saturated carbocycles. The molecule has 1 aromatic heterocycles. The van der Waals surface area contributed by atoms with Gasteiger partial charge in [-0.2, -0.15) is 0 Å². The molecule has 2 unspecified atom stereocenters. The lowest BCUT2D eigenvalue weighted by atomic mass is 10.0. The summed E-state index contributed by atoms with van der Waals surface area (Å²) in [4.78, 5) is 0. The first kappa shape index (κ1) is 19.8. The lowest BCUT2D eigenvalue weighted by Gasteiger charge is -2.30. The van der Waals surface area contributed by atoms with Gasteiger partial charge < -0.3 is 10.1 Å². The fourth-order valence-electron chi connectivity index (χ4n) is 2.88. The molecule has 0 bridgehead atoms. The van der Waals surface area contributed by atoms with E-state index in [9.17, 15) is 16.8 Å². The van der Waals surface area contributed by atoms with Gasteiger partial charge in [0.1, 0.15) is 8.42 Å². The van der Waals surface area contributed by atoms with Crippen LogP contribution in [0, 0.1) is 0 Å². The highest BCUT2D eigenvalue weighted by molar-refractivity contribution is 7.95. The van der Waals surface area contributed by atoms with Crippen molar-refractivity contribution in [3.8, 4) is 0 Å². The first-order valence-corrected chi connectivity index (χ1v) is 11.8. The second-order valence-corrected chi connectivity index (χ2v) is 11.2. The standard InChI is InChI=1S/C14H24N2O5S3/c1-3-6-16-12-8-10(5-4-7-21-2)23(17,18)14-11(12)9-13(22-14)24(15,19)20/h9-10,12,16H,3-8H2,1-2H3,(H2,15,19,20). The predicted octanol–water partition coefficient (Wildman–Crippen LogP) is 1.41. The van der Waals surface area contributed by atoms with Gasteiger partial charge in [-0.1, -0.05) is 6.92 Å². The van der Waals surface area contributed by atoms with Crippen molar-refractivity contribution < 1.29 is 21.6 Å². The zero-order chi connectivity index (χ0) is 18.0. The number of primary sulfonamides is 1. The van der Waals surface area contributed by atoms with Gasteiger partial charge in [0.15, 0.2) is 9.84 Å². The molecule has 1 aliphatic heterocycles. The number of hydrogen-bond acceptors (Lipinski definition) is 7. The van der Waals surface area contributed by atoms with Gasteiger partial charge in [0.2, 0.25) is 10.0 Å². The zero-order valence-electron chi connectivity index (χ0n) is 13.8. The van der Waals surface area contributed by atoms with Crippen molar-refractivity contribution in [2.24, 2.45) is 5.14 Å². The van der Waals surface area contributed by atoms with Crippen molar-refractivity contribution in [3.63, 3.8) is 0 Å². The molecule has 0 amide bonds. The summed E-state index contributed by atoms with van der Waals surface area (Å²) in [5.41, 5.74) is 0.528. The second-order valence-electron chi connectivity index (χ2n) is 5.90. The Labute approximate surface area is 147 Å². The Bertz CT molecular complexity index is 770. The summed E-state index contributed by atoms with van der Waals surface area (Å²) in [5.74, 6) is 0. The lowest BCUT2D eigenvalue weighted by molar-refractivity contribution is 0.191. The van der Waals surface area contributed by atoms with E-state index >= 15 is 0 Å². The molecule has 0 fully saturated rings. The Hall–Kier alpha value is -0.520. The normalized spacial score (nSPS) is 23.1. The van der Waals surface area contributed by atoms with Crippen molar-refractivity contribution >= 4 is 31.2 Å². The number of thiophene rings is 1. The molecule has 0 aromatic carbocycles. The SMILES string of the molecule is CCCNC1CC(CCCOC)S(=O)(=O)c2sc(S(N)(=O)=O)cc21. The first-order chi connectivity index (χ1) is 11.2. The molecule has 1 aromatic rings. The highest BCUT2D eigenvalue weighted by Crippen LogP contribution is 2.43. The van der Waals surface area contributed by atoms with E-state index in [1.54, 1.807) is 7.11 Å². The highest BCUT2D eigenvalue weighted by atomic mass is 32.3. The van der Waals surface area contributed by atoms with Crippen LogP contribution in [0.1, 0.15) is 44.2 Å². The van der Waals surface area contributed by atoms with Crippen molar-refractivity contribution in [1.29, 1.82) is 0 Å². The minimum Gasteiger partial charge on any atom is -0.385 e. The summed E-state index contributed by atoms with van der Waals surface area (Å²) >= 11 is 0.757. The van der Waals surface area contributed by atoms with Crippen LogP contribution in [0.4, 0.5) is 0 Å². The zero-order valence-corrected chi connectivity index (χ0v) is 16.3. The molecule has 138 valence electrons. The molecule has 0 saturated heterocycles. The molecule has 0 spiro atoms. The number of sulfone groups is 1. The molecular formula is C14H24N2O5S3. The second kappa shape index (κ2) is 7.79. The molecule has 1 aliphatic rings. The molecule has 10 heteroatoms. The number of rotatable bonds is 8. The summed E-state index contributed by atoms with van der Waals surface area (Å²) in [7, 11) is -5.90. The molecule has 3 N–H and O–H groups in total. The summed E-state index contributed by atoms with van der Waals surface area (Å²) in [6.45, 7) is 3.25. The lowest BCUT2D eigenvalue weighted by Crippen LogP contribution is -2.35. The molecule has 2 atom stereocenters.